The molecule has 8 heteroatoms. The molecule has 0 unspecified atom stereocenters. The van der Waals surface area contributed by atoms with Gasteiger partial charge in [0, 0.05) is 12.2 Å². The molecular weight excluding hydrogens is 454 g/mol. The number of aryl methyl sites for hydroxylation is 1. The van der Waals surface area contributed by atoms with E-state index in [0.29, 0.717) is 28.5 Å². The number of thiophene rings is 1. The third-order valence-electron chi connectivity index (χ3n) is 5.29. The predicted molar refractivity (Wildman–Crippen MR) is 136 cm³/mol. The quantitative estimate of drug-likeness (QED) is 0.264. The van der Waals surface area contributed by atoms with Gasteiger partial charge in [0.15, 0.2) is 5.16 Å². The molecule has 0 radical (unpaired) electrons. The second kappa shape index (κ2) is 10.2. The maximum absolute atomic E-state index is 13.2. The van der Waals surface area contributed by atoms with Gasteiger partial charge in [-0.2, -0.15) is 0 Å². The zero-order valence-corrected chi connectivity index (χ0v) is 20.4. The third-order valence-corrected chi connectivity index (χ3v) is 7.14. The molecule has 0 spiro atoms. The normalized spacial score (nSPS) is 11.0. The summed E-state index contributed by atoms with van der Waals surface area (Å²) < 4.78 is 7.50. The highest BCUT2D eigenvalue weighted by Gasteiger charge is 2.18. The van der Waals surface area contributed by atoms with Crippen LogP contribution in [0.25, 0.3) is 10.2 Å². The van der Waals surface area contributed by atoms with Crippen LogP contribution < -0.4 is 15.2 Å². The molecule has 0 aliphatic rings. The minimum atomic E-state index is -0.0909. The van der Waals surface area contributed by atoms with Crippen LogP contribution in [0.3, 0.4) is 0 Å². The zero-order chi connectivity index (χ0) is 23.4. The number of carbonyl (C=O) groups excluding carboxylic acids is 1. The standard InChI is InChI=1S/C25H25N3O3S2/c1-4-27(19-7-5-6-17(2)14-19)22(29)16-33-25-26-21-12-13-32-23(21)24(30)28(25)15-18-8-10-20(31-3)11-9-18/h5-14H,4,15-16H2,1-3H3. The molecule has 2 aromatic carbocycles. The number of ether oxygens (including phenoxy) is 1. The Kier molecular flexibility index (Phi) is 7.15. The van der Waals surface area contributed by atoms with E-state index in [2.05, 4.69) is 0 Å². The van der Waals surface area contributed by atoms with E-state index in [0.717, 1.165) is 22.6 Å². The molecule has 0 aliphatic carbocycles. The smallest absolute Gasteiger partial charge is 0.272 e. The molecule has 0 N–H and O–H groups in total. The highest BCUT2D eigenvalue weighted by Crippen LogP contribution is 2.24. The number of benzene rings is 2. The molecule has 0 saturated heterocycles. The number of thioether (sulfide) groups is 1. The average molecular weight is 480 g/mol. The molecule has 0 saturated carbocycles. The van der Waals surface area contributed by atoms with Crippen molar-refractivity contribution in [2.24, 2.45) is 0 Å². The van der Waals surface area contributed by atoms with Gasteiger partial charge in [-0.3, -0.25) is 14.2 Å². The molecule has 170 valence electrons. The van der Waals surface area contributed by atoms with E-state index >= 15 is 0 Å². The number of fused-ring (bicyclic) bond motifs is 1. The lowest BCUT2D eigenvalue weighted by atomic mass is 10.2. The first-order chi connectivity index (χ1) is 16.0. The van der Waals surface area contributed by atoms with Gasteiger partial charge in [0.05, 0.1) is 24.9 Å². The lowest BCUT2D eigenvalue weighted by molar-refractivity contribution is -0.116. The fourth-order valence-corrected chi connectivity index (χ4v) is 5.24. The van der Waals surface area contributed by atoms with E-state index < -0.39 is 0 Å². The Morgan fingerprint density at radius 2 is 1.97 bits per heavy atom. The Labute approximate surface area is 200 Å². The number of hydrogen-bond acceptors (Lipinski definition) is 6. The number of anilines is 1. The van der Waals surface area contributed by atoms with Crippen molar-refractivity contribution in [3.8, 4) is 5.75 Å². The Hall–Kier alpha value is -3.10. The van der Waals surface area contributed by atoms with Gasteiger partial charge < -0.3 is 9.64 Å². The van der Waals surface area contributed by atoms with E-state index in [1.807, 2.05) is 73.8 Å². The summed E-state index contributed by atoms with van der Waals surface area (Å²) in [5, 5.41) is 2.41. The van der Waals surface area contributed by atoms with Gasteiger partial charge in [-0.05, 0) is 60.7 Å². The molecule has 6 nitrogen and oxygen atoms in total. The van der Waals surface area contributed by atoms with Gasteiger partial charge in [-0.1, -0.05) is 36.0 Å². The summed E-state index contributed by atoms with van der Waals surface area (Å²) in [5.74, 6) is 0.921. The van der Waals surface area contributed by atoms with Crippen molar-refractivity contribution >= 4 is 44.9 Å². The first-order valence-corrected chi connectivity index (χ1v) is 12.5. The van der Waals surface area contributed by atoms with Gasteiger partial charge in [0.25, 0.3) is 5.56 Å². The average Bonchev–Trinajstić information content (AvgIpc) is 3.30. The molecule has 2 aromatic heterocycles. The minimum Gasteiger partial charge on any atom is -0.497 e. The van der Waals surface area contributed by atoms with Crippen LogP contribution in [0.15, 0.2) is 69.9 Å². The van der Waals surface area contributed by atoms with Gasteiger partial charge in [-0.15, -0.1) is 11.3 Å². The maximum Gasteiger partial charge on any atom is 0.272 e. The zero-order valence-electron chi connectivity index (χ0n) is 18.8. The molecule has 1 amide bonds. The van der Waals surface area contributed by atoms with Crippen molar-refractivity contribution in [3.05, 3.63) is 81.5 Å². The molecule has 0 atom stereocenters. The molecular formula is C25H25N3O3S2. The second-order valence-electron chi connectivity index (χ2n) is 7.53. The summed E-state index contributed by atoms with van der Waals surface area (Å²) in [6.45, 7) is 4.91. The topological polar surface area (TPSA) is 64.4 Å². The highest BCUT2D eigenvalue weighted by atomic mass is 32.2. The van der Waals surface area contributed by atoms with Gasteiger partial charge in [0.1, 0.15) is 10.4 Å². The van der Waals surface area contributed by atoms with Crippen molar-refractivity contribution in [2.75, 3.05) is 24.3 Å². The predicted octanol–water partition coefficient (Wildman–Crippen LogP) is 4.97. The van der Waals surface area contributed by atoms with Crippen LogP contribution >= 0.6 is 23.1 Å². The number of aromatic nitrogens is 2. The Balaban J connectivity index is 1.61. The molecule has 33 heavy (non-hydrogen) atoms. The Bertz CT molecular complexity index is 1330. The number of rotatable bonds is 8. The van der Waals surface area contributed by atoms with Gasteiger partial charge >= 0.3 is 0 Å². The molecule has 2 heterocycles. The largest absolute Gasteiger partial charge is 0.497 e. The molecule has 4 rings (SSSR count). The molecule has 4 aromatic rings. The minimum absolute atomic E-state index is 0.0243. The number of carbonyl (C=O) groups is 1. The van der Waals surface area contributed by atoms with Crippen molar-refractivity contribution in [3.63, 3.8) is 0 Å². The van der Waals surface area contributed by atoms with E-state index in [4.69, 9.17) is 9.72 Å². The fraction of sp³-hybridized carbons (Fsp3) is 0.240. The monoisotopic (exact) mass is 479 g/mol. The molecule has 0 bridgehead atoms. The van der Waals surface area contributed by atoms with Crippen molar-refractivity contribution in [1.29, 1.82) is 0 Å². The number of methoxy groups -OCH3 is 1. The van der Waals surface area contributed by atoms with Crippen LogP contribution in [-0.4, -0.2) is 34.9 Å². The van der Waals surface area contributed by atoms with Crippen LogP contribution in [0.1, 0.15) is 18.1 Å². The SMILES string of the molecule is CCN(C(=O)CSc1nc2ccsc2c(=O)n1Cc1ccc(OC)cc1)c1cccc(C)c1. The summed E-state index contributed by atoms with van der Waals surface area (Å²) in [6, 6.07) is 17.3. The summed E-state index contributed by atoms with van der Waals surface area (Å²) in [7, 11) is 1.62. The lowest BCUT2D eigenvalue weighted by Crippen LogP contribution is -2.32. The van der Waals surface area contributed by atoms with Gasteiger partial charge in [0.2, 0.25) is 5.91 Å². The van der Waals surface area contributed by atoms with Crippen LogP contribution in [0.5, 0.6) is 5.75 Å². The first-order valence-electron chi connectivity index (χ1n) is 10.6. The number of hydrogen-bond donors (Lipinski definition) is 0. The van der Waals surface area contributed by atoms with E-state index in [9.17, 15) is 9.59 Å². The van der Waals surface area contributed by atoms with E-state index in [-0.39, 0.29) is 17.2 Å². The number of nitrogens with zero attached hydrogens (tertiary/aromatic N) is 3. The van der Waals surface area contributed by atoms with Gasteiger partial charge in [-0.25, -0.2) is 4.98 Å². The van der Waals surface area contributed by atoms with Crippen LogP contribution in [0.2, 0.25) is 0 Å². The molecule has 0 fully saturated rings. The van der Waals surface area contributed by atoms with E-state index in [1.165, 1.54) is 23.1 Å². The van der Waals surface area contributed by atoms with E-state index in [1.54, 1.807) is 16.6 Å². The highest BCUT2D eigenvalue weighted by molar-refractivity contribution is 7.99. The lowest BCUT2D eigenvalue weighted by Gasteiger charge is -2.21. The van der Waals surface area contributed by atoms with Crippen molar-refractivity contribution in [1.82, 2.24) is 9.55 Å². The Morgan fingerprint density at radius 3 is 2.67 bits per heavy atom. The summed E-state index contributed by atoms with van der Waals surface area (Å²) in [6.07, 6.45) is 0. The van der Waals surface area contributed by atoms with Crippen molar-refractivity contribution < 1.29 is 9.53 Å². The van der Waals surface area contributed by atoms with Crippen LogP contribution in [0, 0.1) is 6.92 Å². The summed E-state index contributed by atoms with van der Waals surface area (Å²) >= 11 is 2.68. The summed E-state index contributed by atoms with van der Waals surface area (Å²) in [5.41, 5.74) is 3.51. The Morgan fingerprint density at radius 1 is 1.18 bits per heavy atom. The molecule has 0 aliphatic heterocycles. The maximum atomic E-state index is 13.2. The second-order valence-corrected chi connectivity index (χ2v) is 9.39. The number of amides is 1. The van der Waals surface area contributed by atoms with Crippen molar-refractivity contribution in [2.45, 2.75) is 25.5 Å². The van der Waals surface area contributed by atoms with Crippen LogP contribution in [-0.2, 0) is 11.3 Å². The summed E-state index contributed by atoms with van der Waals surface area (Å²) in [4.78, 5) is 32.8. The third kappa shape index (κ3) is 5.12. The first kappa shape index (κ1) is 23.1. The fourth-order valence-electron chi connectivity index (χ4n) is 3.59. The van der Waals surface area contributed by atoms with Crippen LogP contribution in [0.4, 0.5) is 5.69 Å².